The summed E-state index contributed by atoms with van der Waals surface area (Å²) in [4.78, 5) is 53.8. The van der Waals surface area contributed by atoms with Crippen molar-refractivity contribution in [1.29, 1.82) is 0 Å². The summed E-state index contributed by atoms with van der Waals surface area (Å²) in [6.07, 6.45) is 2.31. The summed E-state index contributed by atoms with van der Waals surface area (Å²) in [6.45, 7) is 6.76. The van der Waals surface area contributed by atoms with E-state index in [2.05, 4.69) is 5.32 Å². The lowest BCUT2D eigenvalue weighted by atomic mass is 9.90. The molecule has 3 amide bonds. The number of benzene rings is 2. The molecule has 36 heavy (non-hydrogen) atoms. The third kappa shape index (κ3) is 6.93. The maximum absolute atomic E-state index is 13.3. The van der Waals surface area contributed by atoms with Gasteiger partial charge in [0.2, 0.25) is 0 Å². The summed E-state index contributed by atoms with van der Waals surface area (Å²) in [6, 6.07) is 15.7. The Morgan fingerprint density at radius 1 is 0.972 bits per heavy atom. The molecule has 1 N–H and O–H groups in total. The lowest BCUT2D eigenvalue weighted by molar-refractivity contribution is -0.136. The first-order valence-corrected chi connectivity index (χ1v) is 12.3. The van der Waals surface area contributed by atoms with Gasteiger partial charge in [-0.1, -0.05) is 30.3 Å². The predicted molar refractivity (Wildman–Crippen MR) is 138 cm³/mol. The molecule has 2 aromatic rings. The largest absolute Gasteiger partial charge is 0.444 e. The van der Waals surface area contributed by atoms with Crippen molar-refractivity contribution in [3.63, 3.8) is 0 Å². The maximum atomic E-state index is 13.3. The third-order valence-corrected chi connectivity index (χ3v) is 6.13. The van der Waals surface area contributed by atoms with Gasteiger partial charge in [-0.3, -0.25) is 19.3 Å². The van der Waals surface area contributed by atoms with Crippen LogP contribution in [0.4, 0.5) is 16.2 Å². The number of nitrogens with zero attached hydrogens (tertiary/aromatic N) is 2. The third-order valence-electron chi connectivity index (χ3n) is 6.13. The molecule has 0 aromatic heterocycles. The van der Waals surface area contributed by atoms with Crippen LogP contribution in [-0.2, 0) is 14.3 Å². The van der Waals surface area contributed by atoms with E-state index in [0.717, 1.165) is 12.8 Å². The normalized spacial score (nSPS) is 14.2. The van der Waals surface area contributed by atoms with Crippen LogP contribution < -0.4 is 10.2 Å². The molecule has 0 atom stereocenters. The molecular weight excluding hydrogens is 458 g/mol. The zero-order valence-electron chi connectivity index (χ0n) is 21.5. The predicted octanol–water partition coefficient (Wildman–Crippen LogP) is 4.71. The standard InChI is InChI=1S/C28H35N3O5/c1-28(2,3)36-27(35)30-18-16-20(17-19-30)14-15-24(32)22-12-8-9-13-23(22)31(26(34)25(33)29-4)21-10-6-5-7-11-21/h5-13,20H,14-19H2,1-4H3,(H,29,33). The highest BCUT2D eigenvalue weighted by molar-refractivity contribution is 6.42. The number of hydrogen-bond donors (Lipinski definition) is 1. The molecule has 192 valence electrons. The van der Waals surface area contributed by atoms with Crippen molar-refractivity contribution in [2.24, 2.45) is 5.92 Å². The number of piperidine rings is 1. The minimum atomic E-state index is -0.766. The molecule has 1 heterocycles. The number of para-hydroxylation sites is 2. The number of nitrogens with one attached hydrogen (secondary N) is 1. The fourth-order valence-corrected chi connectivity index (χ4v) is 4.26. The molecule has 0 bridgehead atoms. The van der Waals surface area contributed by atoms with Gasteiger partial charge in [0.25, 0.3) is 0 Å². The van der Waals surface area contributed by atoms with E-state index in [1.165, 1.54) is 11.9 Å². The highest BCUT2D eigenvalue weighted by Crippen LogP contribution is 2.31. The highest BCUT2D eigenvalue weighted by atomic mass is 16.6. The molecule has 1 aliphatic heterocycles. The van der Waals surface area contributed by atoms with Crippen LogP contribution in [0.5, 0.6) is 0 Å². The second-order valence-electron chi connectivity index (χ2n) is 9.95. The SMILES string of the molecule is CNC(=O)C(=O)N(c1ccccc1)c1ccccc1C(=O)CCC1CCN(C(=O)OC(C)(C)C)CC1. The van der Waals surface area contributed by atoms with Gasteiger partial charge < -0.3 is 15.0 Å². The van der Waals surface area contributed by atoms with E-state index in [4.69, 9.17) is 4.74 Å². The molecule has 8 heteroatoms. The number of Topliss-reactive ketones (excluding diaryl/α,β-unsaturated/α-hetero) is 1. The van der Waals surface area contributed by atoms with Gasteiger partial charge in [-0.25, -0.2) is 4.79 Å². The molecule has 0 radical (unpaired) electrons. The van der Waals surface area contributed by atoms with Gasteiger partial charge in [-0.15, -0.1) is 0 Å². The number of ether oxygens (including phenoxy) is 1. The molecule has 1 saturated heterocycles. The van der Waals surface area contributed by atoms with E-state index in [1.807, 2.05) is 26.8 Å². The van der Waals surface area contributed by atoms with Crippen molar-refractivity contribution in [3.8, 4) is 0 Å². The van der Waals surface area contributed by atoms with Gasteiger partial charge in [-0.05, 0) is 70.2 Å². The Hall–Kier alpha value is -3.68. The van der Waals surface area contributed by atoms with Gasteiger partial charge in [0.15, 0.2) is 5.78 Å². The average molecular weight is 494 g/mol. The summed E-state index contributed by atoms with van der Waals surface area (Å²) in [7, 11) is 1.40. The number of carbonyl (C=O) groups excluding carboxylic acids is 4. The zero-order valence-corrected chi connectivity index (χ0v) is 21.5. The van der Waals surface area contributed by atoms with E-state index in [0.29, 0.717) is 48.8 Å². The Bertz CT molecular complexity index is 1090. The van der Waals surface area contributed by atoms with Crippen molar-refractivity contribution in [1.82, 2.24) is 10.2 Å². The van der Waals surface area contributed by atoms with Crippen molar-refractivity contribution >= 4 is 35.1 Å². The van der Waals surface area contributed by atoms with Crippen LogP contribution in [0, 0.1) is 5.92 Å². The van der Waals surface area contributed by atoms with Crippen LogP contribution in [-0.4, -0.2) is 54.3 Å². The minimum Gasteiger partial charge on any atom is -0.444 e. The van der Waals surface area contributed by atoms with Gasteiger partial charge in [-0.2, -0.15) is 0 Å². The summed E-state index contributed by atoms with van der Waals surface area (Å²) < 4.78 is 5.46. The Kier molecular flexibility index (Phi) is 8.85. The fourth-order valence-electron chi connectivity index (χ4n) is 4.26. The Balaban J connectivity index is 1.70. The number of likely N-dealkylation sites (tertiary alicyclic amines) is 1. The van der Waals surface area contributed by atoms with Crippen LogP contribution in [0.1, 0.15) is 56.8 Å². The van der Waals surface area contributed by atoms with Crippen LogP contribution in [0.2, 0.25) is 0 Å². The lowest BCUT2D eigenvalue weighted by Crippen LogP contribution is -2.41. The average Bonchev–Trinajstić information content (AvgIpc) is 2.87. The molecule has 3 rings (SSSR count). The van der Waals surface area contributed by atoms with Gasteiger partial charge in [0, 0.05) is 37.8 Å². The Labute approximate surface area is 212 Å². The van der Waals surface area contributed by atoms with Gasteiger partial charge >= 0.3 is 17.9 Å². The second kappa shape index (κ2) is 11.8. The molecule has 1 fully saturated rings. The Morgan fingerprint density at radius 2 is 1.58 bits per heavy atom. The number of hydrogen-bond acceptors (Lipinski definition) is 5. The smallest absolute Gasteiger partial charge is 0.410 e. The van der Waals surface area contributed by atoms with Crippen LogP contribution in [0.3, 0.4) is 0 Å². The minimum absolute atomic E-state index is 0.0918. The van der Waals surface area contributed by atoms with E-state index in [-0.39, 0.29) is 11.9 Å². The molecule has 2 aromatic carbocycles. The summed E-state index contributed by atoms with van der Waals surface area (Å²) in [5, 5.41) is 2.37. The summed E-state index contributed by atoms with van der Waals surface area (Å²) >= 11 is 0. The molecule has 0 spiro atoms. The van der Waals surface area contributed by atoms with Crippen molar-refractivity contribution in [2.75, 3.05) is 25.0 Å². The first kappa shape index (κ1) is 26.9. The molecular formula is C28H35N3O5. The zero-order chi connectivity index (χ0) is 26.3. The lowest BCUT2D eigenvalue weighted by Gasteiger charge is -2.33. The van der Waals surface area contributed by atoms with Gasteiger partial charge in [0.1, 0.15) is 5.60 Å². The number of carbonyl (C=O) groups is 4. The van der Waals surface area contributed by atoms with Crippen molar-refractivity contribution in [2.45, 2.75) is 52.1 Å². The van der Waals surface area contributed by atoms with Crippen LogP contribution in [0.15, 0.2) is 54.6 Å². The molecule has 0 aliphatic carbocycles. The van der Waals surface area contributed by atoms with Gasteiger partial charge in [0.05, 0.1) is 5.69 Å². The van der Waals surface area contributed by atoms with E-state index in [9.17, 15) is 19.2 Å². The maximum Gasteiger partial charge on any atom is 0.410 e. The number of anilines is 2. The quantitative estimate of drug-likeness (QED) is 0.465. The van der Waals surface area contributed by atoms with Crippen LogP contribution >= 0.6 is 0 Å². The Morgan fingerprint density at radius 3 is 2.19 bits per heavy atom. The van der Waals surface area contributed by atoms with Crippen molar-refractivity contribution in [3.05, 3.63) is 60.2 Å². The number of rotatable bonds is 6. The topological polar surface area (TPSA) is 96.0 Å². The van der Waals surface area contributed by atoms with Crippen LogP contribution in [0.25, 0.3) is 0 Å². The van der Waals surface area contributed by atoms with E-state index in [1.54, 1.807) is 53.4 Å². The number of amides is 3. The van der Waals surface area contributed by atoms with E-state index < -0.39 is 17.4 Å². The number of likely N-dealkylation sites (N-methyl/N-ethyl adjacent to an activating group) is 1. The number of ketones is 1. The summed E-state index contributed by atoms with van der Waals surface area (Å²) in [5.41, 5.74) is 0.744. The molecule has 0 saturated carbocycles. The first-order chi connectivity index (χ1) is 17.1. The molecule has 0 unspecified atom stereocenters. The summed E-state index contributed by atoms with van der Waals surface area (Å²) in [5.74, 6) is -1.31. The fraction of sp³-hybridized carbons (Fsp3) is 0.429. The van der Waals surface area contributed by atoms with Crippen molar-refractivity contribution < 1.29 is 23.9 Å². The highest BCUT2D eigenvalue weighted by Gasteiger charge is 2.29. The molecule has 1 aliphatic rings. The van der Waals surface area contributed by atoms with E-state index >= 15 is 0 Å². The first-order valence-electron chi connectivity index (χ1n) is 12.3. The monoisotopic (exact) mass is 493 g/mol. The second-order valence-corrected chi connectivity index (χ2v) is 9.95. The molecule has 8 nitrogen and oxygen atoms in total.